The first-order valence-electron chi connectivity index (χ1n) is 5.29. The Morgan fingerprint density at radius 1 is 1.44 bits per heavy atom. The summed E-state index contributed by atoms with van der Waals surface area (Å²) in [4.78, 5) is 0. The summed E-state index contributed by atoms with van der Waals surface area (Å²) in [5.74, 6) is 0.217. The van der Waals surface area contributed by atoms with Crippen molar-refractivity contribution < 1.29 is 14.2 Å². The van der Waals surface area contributed by atoms with Crippen LogP contribution in [0.1, 0.15) is 25.5 Å². The van der Waals surface area contributed by atoms with Crippen LogP contribution in [0.25, 0.3) is 0 Å². The van der Waals surface area contributed by atoms with Gasteiger partial charge in [0, 0.05) is 17.6 Å². The van der Waals surface area contributed by atoms with Gasteiger partial charge in [0.15, 0.2) is 0 Å². The average Bonchev–Trinajstić information content (AvgIpc) is 2.28. The number of hydrogen-bond donors (Lipinski definition) is 2. The van der Waals surface area contributed by atoms with Gasteiger partial charge in [-0.05, 0) is 26.0 Å². The van der Waals surface area contributed by atoms with Crippen molar-refractivity contribution in [2.45, 2.75) is 25.9 Å². The van der Waals surface area contributed by atoms with Crippen molar-refractivity contribution >= 4 is 0 Å². The number of rotatable bonds is 5. The zero-order chi connectivity index (χ0) is 12.1. The predicted molar refractivity (Wildman–Crippen MR) is 61.1 cm³/mol. The zero-order valence-electron chi connectivity index (χ0n) is 9.83. The van der Waals surface area contributed by atoms with E-state index in [0.717, 1.165) is 0 Å². The second-order valence-electron chi connectivity index (χ2n) is 3.83. The Bertz CT molecular complexity index is 344. The lowest BCUT2D eigenvalue weighted by atomic mass is 10.1. The van der Waals surface area contributed by atoms with Crippen LogP contribution in [0, 0.1) is 5.82 Å². The van der Waals surface area contributed by atoms with Gasteiger partial charge in [-0.15, -0.1) is 0 Å². The third-order valence-electron chi connectivity index (χ3n) is 2.47. The van der Waals surface area contributed by atoms with Gasteiger partial charge in [-0.25, -0.2) is 4.39 Å². The molecule has 0 aliphatic heterocycles. The zero-order valence-corrected chi connectivity index (χ0v) is 9.83. The van der Waals surface area contributed by atoms with E-state index < -0.39 is 0 Å². The van der Waals surface area contributed by atoms with Gasteiger partial charge >= 0.3 is 0 Å². The fourth-order valence-electron chi connectivity index (χ4n) is 1.68. The summed E-state index contributed by atoms with van der Waals surface area (Å²) in [6.07, 6.45) is 0. The highest BCUT2D eigenvalue weighted by Crippen LogP contribution is 2.27. The molecule has 0 saturated carbocycles. The predicted octanol–water partition coefficient (Wildman–Crippen LogP) is 1.87. The molecular formula is C12H18FNO2. The summed E-state index contributed by atoms with van der Waals surface area (Å²) < 4.78 is 18.8. The first kappa shape index (κ1) is 12.9. The quantitative estimate of drug-likeness (QED) is 0.806. The second-order valence-corrected chi connectivity index (χ2v) is 3.83. The van der Waals surface area contributed by atoms with Crippen molar-refractivity contribution in [1.82, 2.24) is 5.32 Å². The number of aliphatic hydroxyl groups is 1. The van der Waals surface area contributed by atoms with E-state index in [2.05, 4.69) is 5.32 Å². The smallest absolute Gasteiger partial charge is 0.131 e. The maximum Gasteiger partial charge on any atom is 0.131 e. The van der Waals surface area contributed by atoms with Crippen molar-refractivity contribution in [3.05, 3.63) is 29.6 Å². The van der Waals surface area contributed by atoms with E-state index in [9.17, 15) is 4.39 Å². The summed E-state index contributed by atoms with van der Waals surface area (Å²) in [5, 5.41) is 12.0. The Balaban J connectivity index is 2.93. The molecule has 4 heteroatoms. The molecule has 3 nitrogen and oxygen atoms in total. The van der Waals surface area contributed by atoms with Crippen LogP contribution in [0.15, 0.2) is 18.2 Å². The van der Waals surface area contributed by atoms with E-state index in [4.69, 9.17) is 9.84 Å². The van der Waals surface area contributed by atoms with E-state index >= 15 is 0 Å². The van der Waals surface area contributed by atoms with Gasteiger partial charge in [0.1, 0.15) is 11.6 Å². The number of benzene rings is 1. The van der Waals surface area contributed by atoms with Crippen LogP contribution in [0.2, 0.25) is 0 Å². The molecule has 0 radical (unpaired) electrons. The van der Waals surface area contributed by atoms with Crippen LogP contribution < -0.4 is 10.1 Å². The molecule has 1 rings (SSSR count). The van der Waals surface area contributed by atoms with E-state index in [1.807, 2.05) is 13.8 Å². The van der Waals surface area contributed by atoms with E-state index in [1.54, 1.807) is 12.1 Å². The number of aliphatic hydroxyl groups excluding tert-OH is 1. The summed E-state index contributed by atoms with van der Waals surface area (Å²) in [5.41, 5.74) is 0.491. The molecule has 0 bridgehead atoms. The molecule has 0 aliphatic rings. The van der Waals surface area contributed by atoms with Gasteiger partial charge in [0.25, 0.3) is 0 Å². The van der Waals surface area contributed by atoms with Gasteiger partial charge < -0.3 is 15.2 Å². The normalized spacial score (nSPS) is 14.6. The van der Waals surface area contributed by atoms with Crippen molar-refractivity contribution in [1.29, 1.82) is 0 Å². The Kier molecular flexibility index (Phi) is 4.71. The number of halogens is 1. The fraction of sp³-hybridized carbons (Fsp3) is 0.500. The Morgan fingerprint density at radius 3 is 2.69 bits per heavy atom. The van der Waals surface area contributed by atoms with Gasteiger partial charge in [-0.1, -0.05) is 6.07 Å². The highest BCUT2D eigenvalue weighted by molar-refractivity contribution is 5.36. The lowest BCUT2D eigenvalue weighted by Gasteiger charge is -2.21. The molecule has 16 heavy (non-hydrogen) atoms. The first-order chi connectivity index (χ1) is 7.60. The third kappa shape index (κ3) is 2.93. The maximum atomic E-state index is 13.7. The Hall–Kier alpha value is -1.13. The molecule has 2 unspecified atom stereocenters. The molecule has 0 fully saturated rings. The number of hydrogen-bond acceptors (Lipinski definition) is 3. The highest BCUT2D eigenvalue weighted by Gasteiger charge is 2.17. The Labute approximate surface area is 95.2 Å². The lowest BCUT2D eigenvalue weighted by Crippen LogP contribution is -2.32. The van der Waals surface area contributed by atoms with Crippen molar-refractivity contribution in [2.24, 2.45) is 0 Å². The van der Waals surface area contributed by atoms with Crippen molar-refractivity contribution in [3.63, 3.8) is 0 Å². The molecule has 2 N–H and O–H groups in total. The second kappa shape index (κ2) is 5.82. The number of ether oxygens (including phenoxy) is 1. The first-order valence-corrected chi connectivity index (χ1v) is 5.29. The van der Waals surface area contributed by atoms with Crippen LogP contribution in [0.3, 0.4) is 0 Å². The monoisotopic (exact) mass is 227 g/mol. The van der Waals surface area contributed by atoms with Gasteiger partial charge in [0.05, 0.1) is 13.7 Å². The summed E-state index contributed by atoms with van der Waals surface area (Å²) >= 11 is 0. The molecular weight excluding hydrogens is 209 g/mol. The molecule has 0 aromatic heterocycles. The van der Waals surface area contributed by atoms with Crippen molar-refractivity contribution in [3.8, 4) is 5.75 Å². The lowest BCUT2D eigenvalue weighted by molar-refractivity contribution is 0.241. The minimum atomic E-state index is -0.301. The van der Waals surface area contributed by atoms with E-state index in [1.165, 1.54) is 13.2 Å². The minimum absolute atomic E-state index is 0.0150. The molecule has 90 valence electrons. The van der Waals surface area contributed by atoms with E-state index in [-0.39, 0.29) is 24.5 Å². The third-order valence-corrected chi connectivity index (χ3v) is 2.47. The molecule has 0 saturated heterocycles. The highest BCUT2D eigenvalue weighted by atomic mass is 19.1. The standard InChI is InChI=1S/C12H18FNO2/c1-8(7-15)14-9(2)12-10(13)5-4-6-11(12)16-3/h4-6,8-9,14-15H,7H2,1-3H3. The van der Waals surface area contributed by atoms with Crippen LogP contribution in [0.5, 0.6) is 5.75 Å². The SMILES string of the molecule is COc1cccc(F)c1C(C)NC(C)CO. The van der Waals surface area contributed by atoms with Crippen LogP contribution >= 0.6 is 0 Å². The van der Waals surface area contributed by atoms with Crippen LogP contribution in [0.4, 0.5) is 4.39 Å². The number of methoxy groups -OCH3 is 1. The molecule has 0 spiro atoms. The van der Waals surface area contributed by atoms with Crippen LogP contribution in [-0.2, 0) is 0 Å². The van der Waals surface area contributed by atoms with Crippen LogP contribution in [-0.4, -0.2) is 24.9 Å². The fourth-order valence-corrected chi connectivity index (χ4v) is 1.68. The molecule has 1 aromatic rings. The van der Waals surface area contributed by atoms with E-state index in [0.29, 0.717) is 11.3 Å². The number of nitrogens with one attached hydrogen (secondary N) is 1. The van der Waals surface area contributed by atoms with Crippen molar-refractivity contribution in [2.75, 3.05) is 13.7 Å². The maximum absolute atomic E-state index is 13.7. The summed E-state index contributed by atoms with van der Waals surface area (Å²) in [7, 11) is 1.51. The van der Waals surface area contributed by atoms with Gasteiger partial charge in [0.2, 0.25) is 0 Å². The molecule has 2 atom stereocenters. The minimum Gasteiger partial charge on any atom is -0.496 e. The molecule has 0 aliphatic carbocycles. The van der Waals surface area contributed by atoms with Gasteiger partial charge in [-0.3, -0.25) is 0 Å². The summed E-state index contributed by atoms with van der Waals surface area (Å²) in [6, 6.07) is 4.44. The molecule has 0 amide bonds. The topological polar surface area (TPSA) is 41.5 Å². The largest absolute Gasteiger partial charge is 0.496 e. The average molecular weight is 227 g/mol. The Morgan fingerprint density at radius 2 is 2.12 bits per heavy atom. The van der Waals surface area contributed by atoms with Gasteiger partial charge in [-0.2, -0.15) is 0 Å². The molecule has 1 aromatic carbocycles. The summed E-state index contributed by atoms with van der Waals surface area (Å²) in [6.45, 7) is 3.69. The molecule has 0 heterocycles.